The van der Waals surface area contributed by atoms with Crippen LogP contribution >= 0.6 is 0 Å². The Kier molecular flexibility index (Phi) is 31.8. The molecule has 0 aromatic heterocycles. The average Bonchev–Trinajstić information content (AvgIpc) is 3.78. The summed E-state index contributed by atoms with van der Waals surface area (Å²) in [6, 6.07) is -0.432. The zero-order chi connectivity index (χ0) is 59.1. The van der Waals surface area contributed by atoms with Crippen LogP contribution in [0.2, 0.25) is 0 Å². The van der Waals surface area contributed by atoms with Crippen LogP contribution in [0.3, 0.4) is 0 Å². The lowest BCUT2D eigenvalue weighted by atomic mass is 9.80. The molecule has 4 heterocycles. The van der Waals surface area contributed by atoms with Gasteiger partial charge < -0.3 is 74.9 Å². The van der Waals surface area contributed by atoms with Crippen LogP contribution in [0.25, 0.3) is 0 Å². The number of cyclic esters (lactones) is 1. The second-order valence-corrected chi connectivity index (χ2v) is 22.7. The summed E-state index contributed by atoms with van der Waals surface area (Å²) in [5.74, 6) is 3.98. The van der Waals surface area contributed by atoms with E-state index in [1.807, 2.05) is 84.4 Å². The van der Waals surface area contributed by atoms with Gasteiger partial charge in [0, 0.05) is 76.7 Å². The third-order valence-corrected chi connectivity index (χ3v) is 15.8. The number of rotatable bonds is 19. The number of aliphatic hydroxyl groups excluding tert-OH is 4. The van der Waals surface area contributed by atoms with Crippen molar-refractivity contribution < 1.29 is 58.7 Å². The number of ether oxygens (including phenoxy) is 6. The largest absolute Gasteiger partial charge is 0.459 e. The highest BCUT2D eigenvalue weighted by atomic mass is 16.7. The molecule has 0 aliphatic carbocycles. The van der Waals surface area contributed by atoms with E-state index in [1.54, 1.807) is 48.8 Å². The number of esters is 1. The van der Waals surface area contributed by atoms with Gasteiger partial charge in [-0.25, -0.2) is 5.84 Å². The molecule has 20 heteroatoms. The zero-order valence-electron chi connectivity index (χ0n) is 50.8. The van der Waals surface area contributed by atoms with Gasteiger partial charge in [-0.1, -0.05) is 72.6 Å². The number of carbonyl (C=O) groups excluding carboxylic acids is 1. The maximum absolute atomic E-state index is 14.1. The first-order chi connectivity index (χ1) is 36.7. The molecule has 0 amide bonds. The van der Waals surface area contributed by atoms with Crippen molar-refractivity contribution in [2.75, 3.05) is 54.5 Å². The molecule has 4 aliphatic rings. The van der Waals surface area contributed by atoms with Crippen LogP contribution in [0.15, 0.2) is 60.4 Å². The predicted octanol–water partition coefficient (Wildman–Crippen LogP) is 5.53. The van der Waals surface area contributed by atoms with Crippen LogP contribution < -0.4 is 22.4 Å². The second-order valence-electron chi connectivity index (χ2n) is 22.7. The summed E-state index contributed by atoms with van der Waals surface area (Å²) < 4.78 is 37.5. The highest BCUT2D eigenvalue weighted by Gasteiger charge is 2.50. The second kappa shape index (κ2) is 34.9. The SMILES string of the molecule is C=C/C(=C\C=C/C)N1C=C(CO)N(C)N1.CCCCCCN(N)/C=C(\N)CCNC.CC[C@H]1OC(=O)[C@H](C)[C@@H](O[C@H]2C[C@@](C)(OC)[C@@H](O)[C@H](C)O2)[C@H](C)[C@@H](O[C@@H]2O[C@H](C)CC[C@H]2O)[C@@H](C)C[C@@H](C)CN(C)[C@H](C)[C@@H](O)[C@]1(C)O. The topological polar surface area (TPSA) is 263 Å². The van der Waals surface area contributed by atoms with Crippen molar-refractivity contribution in [1.29, 1.82) is 0 Å². The fraction of sp³-hybridized carbons (Fsp3) is 0.810. The van der Waals surface area contributed by atoms with Gasteiger partial charge >= 0.3 is 5.97 Å². The Balaban J connectivity index is 0.000000560. The van der Waals surface area contributed by atoms with E-state index in [2.05, 4.69) is 38.2 Å². The van der Waals surface area contributed by atoms with E-state index < -0.39 is 90.4 Å². The Bertz CT molecular complexity index is 1860. The van der Waals surface area contributed by atoms with Crippen molar-refractivity contribution in [3.05, 3.63) is 60.4 Å². The maximum atomic E-state index is 14.1. The summed E-state index contributed by atoms with van der Waals surface area (Å²) in [5, 5.41) is 62.2. The standard InChI is InChI=1S/C36H67NO11.C11H26N4.C11H17N3O/c1-13-27-36(10,42)31(39)24(7)37(11)18-19(2)16-20(3)29(48-34-26(38)15-14-21(4)44-34)22(5)30(23(6)33(41)46-27)47-28-17-35(9,43-12)32(40)25(8)45-28;1-3-4-5-6-9-15(13)10-11(12)7-8-14-2;1-4-6-7-10(5-2)14-8-11(9-15)13(3)12-14/h19-32,34,38-40,42H,13-18H2,1-12H3;10,14H,3-9,12-13H2,1-2H3;4-8,12,15H,2,9H2,1,3H3/b;11-10-;6-4-,10-7+/t19-,20+,21-,22-,23-,24-,25+,26-,27-,28+,29+,30+,31-,32+,34+,35-,36-;;/m1../s1. The number of nitrogens with zero attached hydrogens (tertiary/aromatic N) is 4. The first-order valence-electron chi connectivity index (χ1n) is 28.7. The highest BCUT2D eigenvalue weighted by molar-refractivity contribution is 5.73. The molecule has 0 bridgehead atoms. The summed E-state index contributed by atoms with van der Waals surface area (Å²) in [6.45, 7) is 29.0. The summed E-state index contributed by atoms with van der Waals surface area (Å²) in [7, 11) is 7.22. The highest BCUT2D eigenvalue weighted by Crippen LogP contribution is 2.39. The summed E-state index contributed by atoms with van der Waals surface area (Å²) in [6.07, 6.45) is 11.9. The van der Waals surface area contributed by atoms with Crippen molar-refractivity contribution in [2.24, 2.45) is 35.2 Å². The Morgan fingerprint density at radius 2 is 1.69 bits per heavy atom. The van der Waals surface area contributed by atoms with E-state index >= 15 is 0 Å². The molecule has 20 nitrogen and oxygen atoms in total. The van der Waals surface area contributed by atoms with Gasteiger partial charge in [0.15, 0.2) is 12.6 Å². The summed E-state index contributed by atoms with van der Waals surface area (Å²) in [4.78, 5) is 16.1. The van der Waals surface area contributed by atoms with Gasteiger partial charge in [-0.15, -0.1) is 5.53 Å². The molecule has 0 spiro atoms. The van der Waals surface area contributed by atoms with Crippen molar-refractivity contribution in [3.8, 4) is 0 Å². The van der Waals surface area contributed by atoms with Crippen molar-refractivity contribution in [2.45, 2.75) is 226 Å². The molecule has 17 atom stereocenters. The molecule has 0 aromatic carbocycles. The molecule has 11 N–H and O–H groups in total. The smallest absolute Gasteiger partial charge is 0.311 e. The number of hydrazine groups is 3. The normalized spacial score (nSPS) is 36.1. The molecule has 4 aliphatic heterocycles. The van der Waals surface area contributed by atoms with Gasteiger partial charge in [0.25, 0.3) is 0 Å². The monoisotopic (exact) mass is 1110 g/mol. The lowest BCUT2D eigenvalue weighted by Crippen LogP contribution is -2.59. The van der Waals surface area contributed by atoms with Gasteiger partial charge in [-0.2, -0.15) is 0 Å². The average molecular weight is 1110 g/mol. The zero-order valence-corrected chi connectivity index (χ0v) is 50.8. The van der Waals surface area contributed by atoms with E-state index in [0.29, 0.717) is 13.0 Å². The van der Waals surface area contributed by atoms with Gasteiger partial charge in [0.05, 0.1) is 53.9 Å². The number of unbranched alkanes of at least 4 members (excludes halogenated alkanes) is 3. The number of nitrogens with one attached hydrogen (secondary N) is 2. The fourth-order valence-corrected chi connectivity index (χ4v) is 10.6. The fourth-order valence-electron chi connectivity index (χ4n) is 10.6. The molecule has 4 rings (SSSR count). The Labute approximate surface area is 470 Å². The number of aliphatic hydroxyl groups is 5. The van der Waals surface area contributed by atoms with Crippen LogP contribution in [-0.2, 0) is 33.2 Å². The Morgan fingerprint density at radius 1 is 1.01 bits per heavy atom. The predicted molar refractivity (Wildman–Crippen MR) is 307 cm³/mol. The van der Waals surface area contributed by atoms with E-state index in [9.17, 15) is 25.2 Å². The molecule has 3 fully saturated rings. The first-order valence-corrected chi connectivity index (χ1v) is 28.7. The molecule has 0 unspecified atom stereocenters. The molecule has 3 saturated heterocycles. The molecule has 0 radical (unpaired) electrons. The van der Waals surface area contributed by atoms with E-state index in [-0.39, 0.29) is 37.4 Å². The summed E-state index contributed by atoms with van der Waals surface area (Å²) in [5.41, 5.74) is 8.73. The number of carbonyl (C=O) groups is 1. The van der Waals surface area contributed by atoms with Crippen molar-refractivity contribution in [3.63, 3.8) is 0 Å². The third kappa shape index (κ3) is 21.6. The number of hydrogen-bond acceptors (Lipinski definition) is 20. The van der Waals surface area contributed by atoms with Crippen LogP contribution in [-0.4, -0.2) is 185 Å². The molecular formula is C58H110N8O12. The van der Waals surface area contributed by atoms with Crippen molar-refractivity contribution >= 4 is 5.97 Å². The Morgan fingerprint density at radius 3 is 2.27 bits per heavy atom. The first kappa shape index (κ1) is 70.9. The minimum atomic E-state index is -1.73. The minimum Gasteiger partial charge on any atom is -0.459 e. The van der Waals surface area contributed by atoms with Crippen LogP contribution in [0.1, 0.15) is 147 Å². The molecule has 0 aromatic rings. The van der Waals surface area contributed by atoms with Gasteiger partial charge in [0.1, 0.15) is 30.0 Å². The minimum absolute atomic E-state index is 0.00798. The molecule has 0 saturated carbocycles. The number of nitrogens with two attached hydrogens (primary N) is 2. The van der Waals surface area contributed by atoms with Gasteiger partial charge in [0.2, 0.25) is 0 Å². The Hall–Kier alpha value is -3.19. The number of hydrogen-bond donors (Lipinski definition) is 9. The van der Waals surface area contributed by atoms with Crippen LogP contribution in [0, 0.1) is 23.7 Å². The molecule has 78 heavy (non-hydrogen) atoms. The van der Waals surface area contributed by atoms with Crippen LogP contribution in [0.5, 0.6) is 0 Å². The maximum Gasteiger partial charge on any atom is 0.311 e. The van der Waals surface area contributed by atoms with Gasteiger partial charge in [-0.3, -0.25) is 14.8 Å². The third-order valence-electron chi connectivity index (χ3n) is 15.8. The van der Waals surface area contributed by atoms with Crippen LogP contribution in [0.4, 0.5) is 0 Å². The van der Waals surface area contributed by atoms with Gasteiger partial charge in [-0.05, 0) is 119 Å². The molecular weight excluding hydrogens is 1000 g/mol. The lowest BCUT2D eigenvalue weighted by molar-refractivity contribution is -0.306. The molecule has 454 valence electrons. The summed E-state index contributed by atoms with van der Waals surface area (Å²) >= 11 is 0. The van der Waals surface area contributed by atoms with E-state index in [0.717, 1.165) is 55.9 Å². The quantitative estimate of drug-likeness (QED) is 0.0253. The number of methoxy groups -OCH3 is 1. The number of likely N-dealkylation sites (N-methyl/N-ethyl adjacent to an activating group) is 2. The van der Waals surface area contributed by atoms with E-state index in [4.69, 9.17) is 45.1 Å². The lowest BCUT2D eigenvalue weighted by Gasteiger charge is -2.47. The number of allylic oxidation sites excluding steroid dienone is 4. The van der Waals surface area contributed by atoms with Crippen molar-refractivity contribution in [1.82, 2.24) is 30.8 Å². The van der Waals surface area contributed by atoms with E-state index in [1.165, 1.54) is 33.3 Å².